The smallest absolute Gasteiger partial charge is 0.333 e. The van der Waals surface area contributed by atoms with Gasteiger partial charge in [-0.15, -0.1) is 0 Å². The Morgan fingerprint density at radius 1 is 0.968 bits per heavy atom. The predicted octanol–water partition coefficient (Wildman–Crippen LogP) is 5.19. The standard InChI is InChI=1S/C26H25FO4/c1-18(2)26(29)31-16-15-30-25-6-4-3-5-23(25)21-11-12-22(24(27)17-21)20-9-7-19(8-10-20)13-14-28/h3-12,17,28H,1,13-16H2,2H3. The highest BCUT2D eigenvalue weighted by molar-refractivity contribution is 5.86. The first kappa shape index (κ1) is 22.2. The van der Waals surface area contributed by atoms with E-state index in [9.17, 15) is 9.18 Å². The third kappa shape index (κ3) is 5.80. The molecule has 3 aromatic carbocycles. The van der Waals surface area contributed by atoms with Gasteiger partial charge in [0.15, 0.2) is 0 Å². The van der Waals surface area contributed by atoms with Crippen LogP contribution in [0.15, 0.2) is 78.9 Å². The molecular weight excluding hydrogens is 395 g/mol. The molecule has 3 aromatic rings. The van der Waals surface area contributed by atoms with E-state index < -0.39 is 5.97 Å². The number of benzene rings is 3. The summed E-state index contributed by atoms with van der Waals surface area (Å²) in [4.78, 5) is 11.5. The van der Waals surface area contributed by atoms with Gasteiger partial charge in [0.25, 0.3) is 0 Å². The van der Waals surface area contributed by atoms with Crippen LogP contribution in [0.25, 0.3) is 22.3 Å². The normalized spacial score (nSPS) is 10.5. The lowest BCUT2D eigenvalue weighted by Gasteiger charge is -2.13. The van der Waals surface area contributed by atoms with Crippen molar-refractivity contribution in [3.63, 3.8) is 0 Å². The molecule has 0 fully saturated rings. The van der Waals surface area contributed by atoms with Crippen LogP contribution >= 0.6 is 0 Å². The molecule has 0 radical (unpaired) electrons. The third-order valence-corrected chi connectivity index (χ3v) is 4.76. The molecule has 0 saturated heterocycles. The zero-order valence-corrected chi connectivity index (χ0v) is 17.4. The number of rotatable bonds is 9. The van der Waals surface area contributed by atoms with Gasteiger partial charge in [-0.2, -0.15) is 0 Å². The van der Waals surface area contributed by atoms with Crippen molar-refractivity contribution < 1.29 is 23.8 Å². The molecule has 4 nitrogen and oxygen atoms in total. The highest BCUT2D eigenvalue weighted by atomic mass is 19.1. The summed E-state index contributed by atoms with van der Waals surface area (Å²) in [5, 5.41) is 9.03. The van der Waals surface area contributed by atoms with Crippen molar-refractivity contribution in [3.05, 3.63) is 90.3 Å². The molecule has 31 heavy (non-hydrogen) atoms. The van der Waals surface area contributed by atoms with Gasteiger partial charge in [-0.25, -0.2) is 9.18 Å². The molecule has 5 heteroatoms. The molecule has 1 N–H and O–H groups in total. The molecule has 0 aliphatic rings. The molecule has 0 aliphatic heterocycles. The van der Waals surface area contributed by atoms with E-state index >= 15 is 0 Å². The Bertz CT molecular complexity index is 1060. The fourth-order valence-electron chi connectivity index (χ4n) is 3.14. The predicted molar refractivity (Wildman–Crippen MR) is 119 cm³/mol. The monoisotopic (exact) mass is 420 g/mol. The van der Waals surface area contributed by atoms with Gasteiger partial charge >= 0.3 is 5.97 Å². The van der Waals surface area contributed by atoms with E-state index in [1.165, 1.54) is 6.07 Å². The van der Waals surface area contributed by atoms with Crippen molar-refractivity contribution in [1.29, 1.82) is 0 Å². The fourth-order valence-corrected chi connectivity index (χ4v) is 3.14. The number of hydrogen-bond acceptors (Lipinski definition) is 4. The summed E-state index contributed by atoms with van der Waals surface area (Å²) in [7, 11) is 0. The average Bonchev–Trinajstić information content (AvgIpc) is 2.77. The van der Waals surface area contributed by atoms with Gasteiger partial charge in [-0.3, -0.25) is 0 Å². The van der Waals surface area contributed by atoms with Crippen molar-refractivity contribution in [2.75, 3.05) is 19.8 Å². The summed E-state index contributed by atoms with van der Waals surface area (Å²) in [6.45, 7) is 5.48. The van der Waals surface area contributed by atoms with Gasteiger partial charge in [0.1, 0.15) is 24.8 Å². The largest absolute Gasteiger partial charge is 0.489 e. The van der Waals surface area contributed by atoms with Crippen LogP contribution in [0.3, 0.4) is 0 Å². The van der Waals surface area contributed by atoms with Crippen LogP contribution in [0, 0.1) is 5.82 Å². The number of ether oxygens (including phenoxy) is 2. The zero-order valence-electron chi connectivity index (χ0n) is 17.4. The Balaban J connectivity index is 1.75. The van der Waals surface area contributed by atoms with Crippen LogP contribution in [0.1, 0.15) is 12.5 Å². The van der Waals surface area contributed by atoms with Crippen LogP contribution in [0.2, 0.25) is 0 Å². The lowest BCUT2D eigenvalue weighted by atomic mass is 9.98. The zero-order chi connectivity index (χ0) is 22.2. The molecule has 0 heterocycles. The van der Waals surface area contributed by atoms with Crippen LogP contribution in [0.5, 0.6) is 5.75 Å². The van der Waals surface area contributed by atoms with Crippen LogP contribution in [-0.4, -0.2) is 30.9 Å². The highest BCUT2D eigenvalue weighted by Gasteiger charge is 2.11. The second-order valence-corrected chi connectivity index (χ2v) is 7.13. The number of aliphatic hydroxyl groups excluding tert-OH is 1. The summed E-state index contributed by atoms with van der Waals surface area (Å²) < 4.78 is 25.7. The quantitative estimate of drug-likeness (QED) is 0.294. The molecule has 0 aromatic heterocycles. The maximum Gasteiger partial charge on any atom is 0.333 e. The van der Waals surface area contributed by atoms with Gasteiger partial charge < -0.3 is 14.6 Å². The van der Waals surface area contributed by atoms with Gasteiger partial charge in [-0.05, 0) is 42.2 Å². The molecule has 3 rings (SSSR count). The second kappa shape index (κ2) is 10.5. The number of hydrogen-bond donors (Lipinski definition) is 1. The van der Waals surface area contributed by atoms with Gasteiger partial charge in [-0.1, -0.05) is 61.2 Å². The summed E-state index contributed by atoms with van der Waals surface area (Å²) in [5.74, 6) is -0.217. The lowest BCUT2D eigenvalue weighted by Crippen LogP contribution is -2.12. The lowest BCUT2D eigenvalue weighted by molar-refractivity contribution is -0.139. The van der Waals surface area contributed by atoms with Gasteiger partial charge in [0, 0.05) is 23.3 Å². The summed E-state index contributed by atoms with van der Waals surface area (Å²) in [6, 6.07) is 19.9. The topological polar surface area (TPSA) is 55.8 Å². The maximum absolute atomic E-state index is 14.9. The third-order valence-electron chi connectivity index (χ3n) is 4.76. The first-order valence-electron chi connectivity index (χ1n) is 10.0. The minimum Gasteiger partial charge on any atom is -0.489 e. The molecule has 0 unspecified atom stereocenters. The van der Waals surface area contributed by atoms with E-state index in [0.717, 1.165) is 16.7 Å². The number of halogens is 1. The Morgan fingerprint density at radius 3 is 2.35 bits per heavy atom. The van der Waals surface area contributed by atoms with Crippen molar-refractivity contribution in [3.8, 4) is 28.0 Å². The first-order chi connectivity index (χ1) is 15.0. The van der Waals surface area contributed by atoms with Crippen LogP contribution in [-0.2, 0) is 16.0 Å². The Morgan fingerprint density at radius 2 is 1.68 bits per heavy atom. The van der Waals surface area contributed by atoms with Crippen molar-refractivity contribution >= 4 is 5.97 Å². The second-order valence-electron chi connectivity index (χ2n) is 7.13. The van der Waals surface area contributed by atoms with E-state index in [1.807, 2.05) is 48.5 Å². The molecule has 0 saturated carbocycles. The van der Waals surface area contributed by atoms with E-state index in [0.29, 0.717) is 28.9 Å². The van der Waals surface area contributed by atoms with Gasteiger partial charge in [0.05, 0.1) is 0 Å². The molecule has 0 aliphatic carbocycles. The minimum atomic E-state index is -0.459. The summed E-state index contributed by atoms with van der Waals surface area (Å²) in [5.41, 5.74) is 4.05. The van der Waals surface area contributed by atoms with E-state index in [4.69, 9.17) is 14.6 Å². The Kier molecular flexibility index (Phi) is 7.57. The SMILES string of the molecule is C=C(C)C(=O)OCCOc1ccccc1-c1ccc(-c2ccc(CCO)cc2)c(F)c1. The molecule has 0 spiro atoms. The number of carbonyl (C=O) groups is 1. The van der Waals surface area contributed by atoms with E-state index in [2.05, 4.69) is 6.58 Å². The first-order valence-corrected chi connectivity index (χ1v) is 10.0. The Hall–Kier alpha value is -3.44. The van der Waals surface area contributed by atoms with Crippen molar-refractivity contribution in [1.82, 2.24) is 0 Å². The highest BCUT2D eigenvalue weighted by Crippen LogP contribution is 2.33. The average molecular weight is 420 g/mol. The minimum absolute atomic E-state index is 0.0835. The van der Waals surface area contributed by atoms with Gasteiger partial charge in [0.2, 0.25) is 0 Å². The van der Waals surface area contributed by atoms with Crippen molar-refractivity contribution in [2.45, 2.75) is 13.3 Å². The van der Waals surface area contributed by atoms with Crippen LogP contribution in [0.4, 0.5) is 4.39 Å². The van der Waals surface area contributed by atoms with Crippen molar-refractivity contribution in [2.24, 2.45) is 0 Å². The molecule has 0 bridgehead atoms. The fraction of sp³-hybridized carbons (Fsp3) is 0.192. The number of aliphatic hydroxyl groups is 1. The molecule has 160 valence electrons. The maximum atomic E-state index is 14.9. The summed E-state index contributed by atoms with van der Waals surface area (Å²) >= 11 is 0. The van der Waals surface area contributed by atoms with E-state index in [1.54, 1.807) is 19.1 Å². The summed E-state index contributed by atoms with van der Waals surface area (Å²) in [6.07, 6.45) is 0.574. The molecule has 0 amide bonds. The number of esters is 1. The molecule has 0 atom stereocenters. The molecular formula is C26H25FO4. The number of para-hydroxylation sites is 1. The Labute approximate surface area is 181 Å². The van der Waals surface area contributed by atoms with Crippen LogP contribution < -0.4 is 4.74 Å². The van der Waals surface area contributed by atoms with E-state index in [-0.39, 0.29) is 25.6 Å². The number of carbonyl (C=O) groups excluding carboxylic acids is 1.